The van der Waals surface area contributed by atoms with Crippen LogP contribution < -0.4 is 10.3 Å². The number of hydrazone groups is 1. The van der Waals surface area contributed by atoms with E-state index < -0.39 is 0 Å². The standard InChI is InChI=1S/C23H32N4O3/c1-22(2)18-8-9-23(22,3)20(14-18)25-26-21(28)16-30-24-15-17-4-6-19(7-5-17)27-10-12-29-13-11-27/h4-7,15,18H,8-14,16H2,1-3H3,(H,26,28)/b24-15+,25-20+. The van der Waals surface area contributed by atoms with Crippen molar-refractivity contribution in [1.82, 2.24) is 5.43 Å². The molecule has 1 N–H and O–H groups in total. The maximum atomic E-state index is 12.1. The Balaban J connectivity index is 1.23. The van der Waals surface area contributed by atoms with E-state index in [4.69, 9.17) is 9.57 Å². The summed E-state index contributed by atoms with van der Waals surface area (Å²) < 4.78 is 5.38. The molecule has 1 aromatic rings. The summed E-state index contributed by atoms with van der Waals surface area (Å²) in [4.78, 5) is 19.5. The van der Waals surface area contributed by atoms with E-state index in [2.05, 4.69) is 53.5 Å². The highest BCUT2D eigenvalue weighted by Crippen LogP contribution is 2.63. The van der Waals surface area contributed by atoms with Gasteiger partial charge in [-0.15, -0.1) is 0 Å². The number of oxime groups is 1. The van der Waals surface area contributed by atoms with Gasteiger partial charge in [0.15, 0.2) is 6.61 Å². The third-order valence-corrected chi connectivity index (χ3v) is 7.57. The smallest absolute Gasteiger partial charge is 0.280 e. The van der Waals surface area contributed by atoms with Crippen LogP contribution in [-0.2, 0) is 14.4 Å². The number of hydrogen-bond donors (Lipinski definition) is 1. The molecule has 0 aromatic heterocycles. The number of benzene rings is 1. The second-order valence-corrected chi connectivity index (χ2v) is 9.29. The molecule has 0 spiro atoms. The van der Waals surface area contributed by atoms with Crippen molar-refractivity contribution in [3.63, 3.8) is 0 Å². The predicted molar refractivity (Wildman–Crippen MR) is 118 cm³/mol. The van der Waals surface area contributed by atoms with Crippen molar-refractivity contribution in [2.24, 2.45) is 27.0 Å². The molecule has 0 radical (unpaired) electrons. The number of anilines is 1. The van der Waals surface area contributed by atoms with Crippen LogP contribution in [0, 0.1) is 16.7 Å². The highest BCUT2D eigenvalue weighted by atomic mass is 16.6. The first-order chi connectivity index (χ1) is 14.4. The van der Waals surface area contributed by atoms with Gasteiger partial charge >= 0.3 is 0 Å². The molecule has 1 aromatic carbocycles. The van der Waals surface area contributed by atoms with Gasteiger partial charge < -0.3 is 14.5 Å². The van der Waals surface area contributed by atoms with Crippen molar-refractivity contribution in [1.29, 1.82) is 0 Å². The second-order valence-electron chi connectivity index (χ2n) is 9.29. The van der Waals surface area contributed by atoms with Crippen molar-refractivity contribution in [3.8, 4) is 0 Å². The Kier molecular flexibility index (Phi) is 5.82. The van der Waals surface area contributed by atoms with Gasteiger partial charge in [0, 0.05) is 29.9 Å². The molecular weight excluding hydrogens is 380 g/mol. The van der Waals surface area contributed by atoms with E-state index in [1.54, 1.807) is 6.21 Å². The van der Waals surface area contributed by atoms with Crippen LogP contribution >= 0.6 is 0 Å². The normalized spacial score (nSPS) is 29.0. The van der Waals surface area contributed by atoms with E-state index in [0.29, 0.717) is 5.92 Å². The molecule has 7 heteroatoms. The Morgan fingerprint density at radius 3 is 2.63 bits per heavy atom. The van der Waals surface area contributed by atoms with Gasteiger partial charge in [0.25, 0.3) is 5.91 Å². The number of morpholine rings is 1. The molecule has 1 heterocycles. The number of fused-ring (bicyclic) bond motifs is 2. The van der Waals surface area contributed by atoms with Gasteiger partial charge in [0.1, 0.15) is 0 Å². The fourth-order valence-corrected chi connectivity index (χ4v) is 5.05. The Bertz CT molecular complexity index is 827. The summed E-state index contributed by atoms with van der Waals surface area (Å²) in [5.41, 5.74) is 6.18. The minimum atomic E-state index is -0.286. The molecular formula is C23H32N4O3. The van der Waals surface area contributed by atoms with Crippen molar-refractivity contribution >= 4 is 23.5 Å². The lowest BCUT2D eigenvalue weighted by molar-refractivity contribution is -0.125. The molecule has 162 valence electrons. The molecule has 2 bridgehead atoms. The van der Waals surface area contributed by atoms with E-state index >= 15 is 0 Å². The molecule has 1 amide bonds. The summed E-state index contributed by atoms with van der Waals surface area (Å²) in [6.07, 6.45) is 4.98. The summed E-state index contributed by atoms with van der Waals surface area (Å²) in [7, 11) is 0. The number of nitrogens with one attached hydrogen (secondary N) is 1. The van der Waals surface area contributed by atoms with Crippen molar-refractivity contribution in [3.05, 3.63) is 29.8 Å². The highest BCUT2D eigenvalue weighted by molar-refractivity contribution is 5.95. The Hall–Kier alpha value is -2.41. The molecule has 2 atom stereocenters. The maximum Gasteiger partial charge on any atom is 0.280 e. The Morgan fingerprint density at radius 1 is 1.27 bits per heavy atom. The second kappa shape index (κ2) is 8.38. The van der Waals surface area contributed by atoms with Gasteiger partial charge in [-0.25, -0.2) is 5.43 Å². The molecule has 1 saturated heterocycles. The largest absolute Gasteiger partial charge is 0.386 e. The lowest BCUT2D eigenvalue weighted by Gasteiger charge is -2.34. The van der Waals surface area contributed by atoms with E-state index in [0.717, 1.165) is 50.4 Å². The number of carbonyl (C=O) groups is 1. The number of hydrogen-bond acceptors (Lipinski definition) is 6. The zero-order chi connectivity index (χ0) is 21.2. The molecule has 2 unspecified atom stereocenters. The van der Waals surface area contributed by atoms with Gasteiger partial charge in [0.2, 0.25) is 0 Å². The van der Waals surface area contributed by atoms with Gasteiger partial charge in [-0.3, -0.25) is 4.79 Å². The van der Waals surface area contributed by atoms with Crippen LogP contribution in [0.15, 0.2) is 34.5 Å². The van der Waals surface area contributed by atoms with E-state index in [9.17, 15) is 4.79 Å². The van der Waals surface area contributed by atoms with E-state index in [1.165, 1.54) is 12.1 Å². The van der Waals surface area contributed by atoms with E-state index in [-0.39, 0.29) is 23.3 Å². The van der Waals surface area contributed by atoms with Crippen molar-refractivity contribution in [2.45, 2.75) is 40.0 Å². The summed E-state index contributed by atoms with van der Waals surface area (Å²) in [5, 5.41) is 8.35. The van der Waals surface area contributed by atoms with Crippen LogP contribution in [-0.4, -0.2) is 50.7 Å². The highest BCUT2D eigenvalue weighted by Gasteiger charge is 2.60. The molecule has 30 heavy (non-hydrogen) atoms. The minimum absolute atomic E-state index is 0.0807. The summed E-state index contributed by atoms with van der Waals surface area (Å²) in [5.74, 6) is 0.375. The van der Waals surface area contributed by atoms with Gasteiger partial charge in [-0.2, -0.15) is 5.10 Å². The first-order valence-corrected chi connectivity index (χ1v) is 10.8. The first-order valence-electron chi connectivity index (χ1n) is 10.8. The van der Waals surface area contributed by atoms with Crippen LogP contribution in [0.1, 0.15) is 45.6 Å². The Morgan fingerprint density at radius 2 is 2.00 bits per heavy atom. The van der Waals surface area contributed by atoms with Gasteiger partial charge in [-0.05, 0) is 48.3 Å². The average Bonchev–Trinajstić information content (AvgIpc) is 3.10. The van der Waals surface area contributed by atoms with Crippen molar-refractivity contribution in [2.75, 3.05) is 37.8 Å². The quantitative estimate of drug-likeness (QED) is 0.575. The zero-order valence-electron chi connectivity index (χ0n) is 18.2. The van der Waals surface area contributed by atoms with E-state index in [1.807, 2.05) is 12.1 Å². The van der Waals surface area contributed by atoms with Crippen LogP contribution in [0.3, 0.4) is 0 Å². The van der Waals surface area contributed by atoms with Crippen LogP contribution in [0.2, 0.25) is 0 Å². The van der Waals surface area contributed by atoms with Gasteiger partial charge in [-0.1, -0.05) is 38.1 Å². The third kappa shape index (κ3) is 3.95. The number of nitrogens with zero attached hydrogens (tertiary/aromatic N) is 3. The number of amides is 1. The topological polar surface area (TPSA) is 75.5 Å². The molecule has 4 rings (SSSR count). The maximum absolute atomic E-state index is 12.1. The molecule has 3 fully saturated rings. The number of ether oxygens (including phenoxy) is 1. The summed E-state index contributed by atoms with van der Waals surface area (Å²) in [6.45, 7) is 10.1. The fraction of sp³-hybridized carbons (Fsp3) is 0.609. The summed E-state index contributed by atoms with van der Waals surface area (Å²) in [6, 6.07) is 8.10. The average molecular weight is 413 g/mol. The fourth-order valence-electron chi connectivity index (χ4n) is 5.05. The van der Waals surface area contributed by atoms with Crippen LogP contribution in [0.25, 0.3) is 0 Å². The third-order valence-electron chi connectivity index (χ3n) is 7.57. The number of carbonyl (C=O) groups excluding carboxylic acids is 1. The van der Waals surface area contributed by atoms with Crippen LogP contribution in [0.5, 0.6) is 0 Å². The molecule has 3 aliphatic rings. The zero-order valence-corrected chi connectivity index (χ0v) is 18.2. The molecule has 7 nitrogen and oxygen atoms in total. The first kappa shape index (κ1) is 20.8. The number of rotatable bonds is 6. The monoisotopic (exact) mass is 412 g/mol. The molecule has 2 saturated carbocycles. The lowest BCUT2D eigenvalue weighted by atomic mass is 9.70. The van der Waals surface area contributed by atoms with Crippen molar-refractivity contribution < 1.29 is 14.4 Å². The van der Waals surface area contributed by atoms with Gasteiger partial charge in [0.05, 0.1) is 19.4 Å². The summed E-state index contributed by atoms with van der Waals surface area (Å²) >= 11 is 0. The molecule has 1 aliphatic heterocycles. The van der Waals surface area contributed by atoms with Crippen LogP contribution in [0.4, 0.5) is 5.69 Å². The predicted octanol–water partition coefficient (Wildman–Crippen LogP) is 3.19. The SMILES string of the molecule is CC12CCC(C/C1=N\NC(=O)CO/N=C/c1ccc(N3CCOCC3)cc1)C2(C)C. The lowest BCUT2D eigenvalue weighted by Crippen LogP contribution is -2.36. The molecule has 2 aliphatic carbocycles. The Labute approximate surface area is 178 Å². The minimum Gasteiger partial charge on any atom is -0.386 e.